The lowest BCUT2D eigenvalue weighted by molar-refractivity contribution is -0.182. The third-order valence-corrected chi connectivity index (χ3v) is 5.59. The van der Waals surface area contributed by atoms with Gasteiger partial charge in [-0.25, -0.2) is 9.18 Å². The molecule has 0 bridgehead atoms. The number of unbranched alkanes of at least 4 members (excludes halogenated alkanes) is 4. The van der Waals surface area contributed by atoms with Crippen LogP contribution in [0.2, 0.25) is 0 Å². The zero-order valence-electron chi connectivity index (χ0n) is 14.8. The average Bonchev–Trinajstić information content (AvgIpc) is 2.57. The van der Waals surface area contributed by atoms with Gasteiger partial charge in [-0.05, 0) is 25.2 Å². The van der Waals surface area contributed by atoms with Crippen LogP contribution in [0.5, 0.6) is 0 Å². The van der Waals surface area contributed by atoms with Crippen molar-refractivity contribution >= 4 is 11.9 Å². The number of amides is 3. The molecule has 0 aromatic rings. The quantitative estimate of drug-likeness (QED) is 0.688. The summed E-state index contributed by atoms with van der Waals surface area (Å²) in [5.41, 5.74) is 0. The lowest BCUT2D eigenvalue weighted by Crippen LogP contribution is -2.64. The third-order valence-electron chi connectivity index (χ3n) is 5.59. The number of imide groups is 1. The fourth-order valence-corrected chi connectivity index (χ4v) is 4.17. The van der Waals surface area contributed by atoms with Crippen LogP contribution in [-0.2, 0) is 14.3 Å². The molecule has 2 heterocycles. The Morgan fingerprint density at radius 2 is 1.96 bits per heavy atom. The number of carbonyl (C=O) groups excluding carboxylic acids is 2. The zero-order valence-corrected chi connectivity index (χ0v) is 14.8. The van der Waals surface area contributed by atoms with Crippen molar-refractivity contribution in [1.29, 1.82) is 0 Å². The molecule has 142 valence electrons. The van der Waals surface area contributed by atoms with Gasteiger partial charge >= 0.3 is 6.03 Å². The summed E-state index contributed by atoms with van der Waals surface area (Å²) in [6, 6.07) is -0.524. The topological polar surface area (TPSA) is 76.7 Å². The summed E-state index contributed by atoms with van der Waals surface area (Å²) in [6.07, 6.45) is 4.87. The Labute approximate surface area is 148 Å². The van der Waals surface area contributed by atoms with Crippen molar-refractivity contribution in [1.82, 2.24) is 10.6 Å². The first-order valence-electron chi connectivity index (χ1n) is 9.61. The second kappa shape index (κ2) is 8.45. The number of alkyl halides is 1. The second-order valence-corrected chi connectivity index (χ2v) is 7.47. The van der Waals surface area contributed by atoms with E-state index in [1.807, 2.05) is 0 Å². The number of rotatable bonds is 7. The SMILES string of the molecule is CCCCCCCOC1CC2OC3NC(=O)NC(=O)C3CC2CC1F. The lowest BCUT2D eigenvalue weighted by Gasteiger charge is -2.47. The van der Waals surface area contributed by atoms with Crippen molar-refractivity contribution in [2.24, 2.45) is 11.8 Å². The smallest absolute Gasteiger partial charge is 0.323 e. The predicted octanol–water partition coefficient (Wildman–Crippen LogP) is 2.66. The maximum atomic E-state index is 14.5. The summed E-state index contributed by atoms with van der Waals surface area (Å²) in [5.74, 6) is -0.753. The molecule has 7 heteroatoms. The van der Waals surface area contributed by atoms with Gasteiger partial charge in [-0.15, -0.1) is 0 Å². The number of halogens is 1. The molecule has 0 radical (unpaired) electrons. The van der Waals surface area contributed by atoms with Gasteiger partial charge in [0.2, 0.25) is 5.91 Å². The first-order chi connectivity index (χ1) is 12.1. The Hall–Kier alpha value is -1.21. The van der Waals surface area contributed by atoms with Crippen molar-refractivity contribution < 1.29 is 23.5 Å². The van der Waals surface area contributed by atoms with Gasteiger partial charge in [0.1, 0.15) is 12.4 Å². The van der Waals surface area contributed by atoms with E-state index >= 15 is 0 Å². The van der Waals surface area contributed by atoms with E-state index in [9.17, 15) is 14.0 Å². The van der Waals surface area contributed by atoms with Crippen LogP contribution in [0.4, 0.5) is 9.18 Å². The van der Waals surface area contributed by atoms with E-state index in [1.54, 1.807) is 0 Å². The number of carbonyl (C=O) groups is 2. The second-order valence-electron chi connectivity index (χ2n) is 7.47. The van der Waals surface area contributed by atoms with Crippen LogP contribution in [0.3, 0.4) is 0 Å². The number of hydrogen-bond donors (Lipinski definition) is 2. The number of hydrogen-bond acceptors (Lipinski definition) is 4. The molecule has 1 aliphatic carbocycles. The Bertz CT molecular complexity index is 490. The average molecular weight is 356 g/mol. The monoisotopic (exact) mass is 356 g/mol. The van der Waals surface area contributed by atoms with Crippen LogP contribution in [0, 0.1) is 11.8 Å². The van der Waals surface area contributed by atoms with Crippen LogP contribution >= 0.6 is 0 Å². The van der Waals surface area contributed by atoms with Gasteiger partial charge in [0, 0.05) is 13.0 Å². The van der Waals surface area contributed by atoms with Crippen molar-refractivity contribution in [3.05, 3.63) is 0 Å². The molecule has 6 nitrogen and oxygen atoms in total. The standard InChI is InChI=1S/C18H29FN2O4/c1-2-3-4-5-6-7-24-15-10-14-11(9-13(15)19)8-12-16(22)20-18(23)21-17(12)25-14/h11-15,17H,2-10H2,1H3,(H2,20,21,22,23). The summed E-state index contributed by atoms with van der Waals surface area (Å²) >= 11 is 0. The number of urea groups is 1. The molecular weight excluding hydrogens is 327 g/mol. The van der Waals surface area contributed by atoms with E-state index in [2.05, 4.69) is 17.6 Å². The van der Waals surface area contributed by atoms with Crippen LogP contribution < -0.4 is 10.6 Å². The largest absolute Gasteiger partial charge is 0.375 e. The summed E-state index contributed by atoms with van der Waals surface area (Å²) < 4.78 is 26.2. The van der Waals surface area contributed by atoms with E-state index in [-0.39, 0.29) is 17.9 Å². The molecule has 3 fully saturated rings. The molecule has 1 saturated carbocycles. The molecule has 25 heavy (non-hydrogen) atoms. The van der Waals surface area contributed by atoms with Crippen molar-refractivity contribution in [3.63, 3.8) is 0 Å². The Kier molecular flexibility index (Phi) is 6.28. The normalized spacial score (nSPS) is 37.7. The molecule has 3 aliphatic rings. The molecule has 6 unspecified atom stereocenters. The molecule has 2 N–H and O–H groups in total. The fraction of sp³-hybridized carbons (Fsp3) is 0.889. The lowest BCUT2D eigenvalue weighted by atomic mass is 9.75. The van der Waals surface area contributed by atoms with Crippen LogP contribution in [0.15, 0.2) is 0 Å². The molecule has 3 rings (SSSR count). The first kappa shape index (κ1) is 18.6. The third kappa shape index (κ3) is 4.50. The summed E-state index contributed by atoms with van der Waals surface area (Å²) in [5, 5.41) is 4.91. The Morgan fingerprint density at radius 1 is 1.16 bits per heavy atom. The minimum atomic E-state index is -1.02. The van der Waals surface area contributed by atoms with Gasteiger partial charge in [-0.1, -0.05) is 32.6 Å². The molecule has 0 spiro atoms. The van der Waals surface area contributed by atoms with Gasteiger partial charge < -0.3 is 14.8 Å². The molecule has 3 amide bonds. The molecule has 0 aromatic carbocycles. The Morgan fingerprint density at radius 3 is 2.76 bits per heavy atom. The predicted molar refractivity (Wildman–Crippen MR) is 89.6 cm³/mol. The highest BCUT2D eigenvalue weighted by Gasteiger charge is 2.49. The summed E-state index contributed by atoms with van der Waals surface area (Å²) in [7, 11) is 0. The van der Waals surface area contributed by atoms with Crippen molar-refractivity contribution in [3.8, 4) is 0 Å². The maximum Gasteiger partial charge on any atom is 0.323 e. The number of ether oxygens (including phenoxy) is 2. The van der Waals surface area contributed by atoms with Gasteiger partial charge in [-0.2, -0.15) is 0 Å². The first-order valence-corrected chi connectivity index (χ1v) is 9.61. The molecular formula is C18H29FN2O4. The van der Waals surface area contributed by atoms with Crippen molar-refractivity contribution in [2.45, 2.75) is 82.9 Å². The van der Waals surface area contributed by atoms with E-state index in [0.29, 0.717) is 25.9 Å². The van der Waals surface area contributed by atoms with E-state index in [0.717, 1.165) is 12.8 Å². The highest BCUT2D eigenvalue weighted by atomic mass is 19.1. The molecule has 2 aliphatic heterocycles. The minimum absolute atomic E-state index is 0.00130. The summed E-state index contributed by atoms with van der Waals surface area (Å²) in [4.78, 5) is 23.4. The van der Waals surface area contributed by atoms with E-state index in [1.165, 1.54) is 19.3 Å². The van der Waals surface area contributed by atoms with Gasteiger partial charge in [-0.3, -0.25) is 10.1 Å². The zero-order chi connectivity index (χ0) is 17.8. The number of fused-ring (bicyclic) bond motifs is 2. The minimum Gasteiger partial charge on any atom is -0.375 e. The summed E-state index contributed by atoms with van der Waals surface area (Å²) in [6.45, 7) is 2.76. The highest BCUT2D eigenvalue weighted by Crippen LogP contribution is 2.40. The van der Waals surface area contributed by atoms with Crippen molar-refractivity contribution in [2.75, 3.05) is 6.61 Å². The highest BCUT2D eigenvalue weighted by molar-refractivity contribution is 5.98. The van der Waals surface area contributed by atoms with E-state index in [4.69, 9.17) is 9.47 Å². The Balaban J connectivity index is 1.48. The molecule has 6 atom stereocenters. The maximum absolute atomic E-state index is 14.5. The van der Waals surface area contributed by atoms with E-state index < -0.39 is 30.5 Å². The van der Waals surface area contributed by atoms with Gasteiger partial charge in [0.15, 0.2) is 0 Å². The molecule has 2 saturated heterocycles. The number of nitrogens with one attached hydrogen (secondary N) is 2. The van der Waals surface area contributed by atoms with Gasteiger partial charge in [0.25, 0.3) is 0 Å². The van der Waals surface area contributed by atoms with Crippen LogP contribution in [0.1, 0.15) is 58.3 Å². The fourth-order valence-electron chi connectivity index (χ4n) is 4.17. The van der Waals surface area contributed by atoms with Crippen LogP contribution in [-0.4, -0.2) is 43.2 Å². The van der Waals surface area contributed by atoms with Gasteiger partial charge in [0.05, 0.1) is 18.1 Å². The van der Waals surface area contributed by atoms with Crippen LogP contribution in [0.25, 0.3) is 0 Å². The molecule has 0 aromatic heterocycles.